The second kappa shape index (κ2) is 7.53. The van der Waals surface area contributed by atoms with Gasteiger partial charge in [-0.25, -0.2) is 4.79 Å². The number of urea groups is 1. The summed E-state index contributed by atoms with van der Waals surface area (Å²) in [6.45, 7) is 0.254. The molecule has 0 radical (unpaired) electrons. The molecule has 2 aromatic rings. The van der Waals surface area contributed by atoms with Gasteiger partial charge in [0, 0.05) is 24.7 Å². The van der Waals surface area contributed by atoms with E-state index in [1.165, 1.54) is 12.0 Å². The van der Waals surface area contributed by atoms with Gasteiger partial charge in [0.25, 0.3) is 0 Å². The van der Waals surface area contributed by atoms with Crippen molar-refractivity contribution in [1.29, 1.82) is 0 Å². The van der Waals surface area contributed by atoms with Gasteiger partial charge in [0.1, 0.15) is 23.3 Å². The number of methoxy groups -OCH3 is 1. The number of rotatable bonds is 5. The number of nitrogens with zero attached hydrogens (tertiary/aromatic N) is 1. The van der Waals surface area contributed by atoms with Crippen molar-refractivity contribution in [3.8, 4) is 17.2 Å². The van der Waals surface area contributed by atoms with Gasteiger partial charge in [-0.15, -0.1) is 0 Å². The minimum Gasteiger partial charge on any atom is -0.495 e. The van der Waals surface area contributed by atoms with Gasteiger partial charge in [0.15, 0.2) is 0 Å². The molecule has 3 rings (SSSR count). The Hall–Kier alpha value is -2.93. The maximum atomic E-state index is 12.5. The fourth-order valence-corrected chi connectivity index (χ4v) is 2.68. The van der Waals surface area contributed by atoms with Crippen LogP contribution in [0.15, 0.2) is 42.5 Å². The molecule has 0 saturated carbocycles. The highest BCUT2D eigenvalue weighted by molar-refractivity contribution is 6.30. The molecule has 2 aromatic carbocycles. The van der Waals surface area contributed by atoms with Crippen LogP contribution in [0.25, 0.3) is 0 Å². The first-order chi connectivity index (χ1) is 12.5. The Balaban J connectivity index is 1.78. The zero-order valence-corrected chi connectivity index (χ0v) is 15.0. The molecule has 0 bridgehead atoms. The van der Waals surface area contributed by atoms with Crippen molar-refractivity contribution in [2.24, 2.45) is 0 Å². The van der Waals surface area contributed by atoms with Gasteiger partial charge in [-0.1, -0.05) is 11.6 Å². The van der Waals surface area contributed by atoms with Crippen LogP contribution < -0.4 is 20.1 Å². The molecule has 1 aliphatic heterocycles. The van der Waals surface area contributed by atoms with Gasteiger partial charge in [0.05, 0.1) is 12.8 Å². The van der Waals surface area contributed by atoms with E-state index in [0.29, 0.717) is 28.0 Å². The molecule has 1 saturated heterocycles. The van der Waals surface area contributed by atoms with E-state index in [4.69, 9.17) is 21.1 Å². The third-order valence-corrected chi connectivity index (χ3v) is 4.27. The number of hydrogen-bond donors (Lipinski definition) is 2. The molecule has 3 amide bonds. The van der Waals surface area contributed by atoms with Crippen LogP contribution in [0.4, 0.5) is 10.5 Å². The van der Waals surface area contributed by atoms with Gasteiger partial charge in [-0.2, -0.15) is 0 Å². The zero-order chi connectivity index (χ0) is 18.7. The first-order valence-electron chi connectivity index (χ1n) is 7.91. The highest BCUT2D eigenvalue weighted by Crippen LogP contribution is 2.32. The van der Waals surface area contributed by atoms with Gasteiger partial charge in [-0.05, 0) is 36.4 Å². The Morgan fingerprint density at radius 2 is 1.92 bits per heavy atom. The van der Waals surface area contributed by atoms with E-state index in [1.807, 2.05) is 0 Å². The van der Waals surface area contributed by atoms with Crippen LogP contribution in [0, 0.1) is 0 Å². The lowest BCUT2D eigenvalue weighted by molar-refractivity contribution is -0.119. The topological polar surface area (TPSA) is 79.9 Å². The molecular formula is C18H18ClN3O4. The average Bonchev–Trinajstić information content (AvgIpc) is 2.96. The first kappa shape index (κ1) is 17.9. The average molecular weight is 376 g/mol. The van der Waals surface area contributed by atoms with Crippen LogP contribution in [-0.4, -0.2) is 43.6 Å². The monoisotopic (exact) mass is 375 g/mol. The Morgan fingerprint density at radius 1 is 1.23 bits per heavy atom. The van der Waals surface area contributed by atoms with Crippen molar-refractivity contribution in [1.82, 2.24) is 10.2 Å². The molecule has 0 aromatic heterocycles. The molecule has 2 N–H and O–H groups in total. The summed E-state index contributed by atoms with van der Waals surface area (Å²) >= 11 is 5.87. The first-order valence-corrected chi connectivity index (χ1v) is 8.28. The number of ether oxygens (including phenoxy) is 2. The van der Waals surface area contributed by atoms with Crippen molar-refractivity contribution in [3.05, 3.63) is 47.5 Å². The fourth-order valence-electron chi connectivity index (χ4n) is 2.56. The minimum atomic E-state index is -0.590. The van der Waals surface area contributed by atoms with E-state index >= 15 is 0 Å². The summed E-state index contributed by atoms with van der Waals surface area (Å²) in [5, 5.41) is 6.03. The van der Waals surface area contributed by atoms with Crippen LogP contribution in [0.2, 0.25) is 5.02 Å². The van der Waals surface area contributed by atoms with Gasteiger partial charge >= 0.3 is 6.03 Å². The summed E-state index contributed by atoms with van der Waals surface area (Å²) in [5.41, 5.74) is 0.455. The number of hydrogen-bond acceptors (Lipinski definition) is 4. The quantitative estimate of drug-likeness (QED) is 0.841. The van der Waals surface area contributed by atoms with Crippen LogP contribution in [-0.2, 0) is 4.79 Å². The van der Waals surface area contributed by atoms with E-state index in [-0.39, 0.29) is 18.5 Å². The highest BCUT2D eigenvalue weighted by Gasteiger charge is 2.33. The minimum absolute atomic E-state index is 0.254. The lowest BCUT2D eigenvalue weighted by Crippen LogP contribution is -2.40. The number of benzene rings is 2. The number of amides is 3. The Kier molecular flexibility index (Phi) is 5.18. The van der Waals surface area contributed by atoms with E-state index < -0.39 is 6.04 Å². The van der Waals surface area contributed by atoms with Crippen LogP contribution >= 0.6 is 11.6 Å². The summed E-state index contributed by atoms with van der Waals surface area (Å²) in [6.07, 6.45) is 0. The normalized spacial score (nSPS) is 16.2. The molecule has 0 spiro atoms. The van der Waals surface area contributed by atoms with E-state index in [1.54, 1.807) is 49.5 Å². The number of likely N-dealkylation sites (N-methyl/N-ethyl adjacent to an activating group) is 1. The molecule has 1 atom stereocenters. The summed E-state index contributed by atoms with van der Waals surface area (Å²) in [7, 11) is 3.08. The second-order valence-electron chi connectivity index (χ2n) is 5.72. The van der Waals surface area contributed by atoms with Crippen molar-refractivity contribution in [2.75, 3.05) is 26.0 Å². The predicted molar refractivity (Wildman–Crippen MR) is 98.1 cm³/mol. The molecule has 1 heterocycles. The third-order valence-electron chi connectivity index (χ3n) is 4.02. The van der Waals surface area contributed by atoms with Crippen LogP contribution in [0.5, 0.6) is 17.2 Å². The Morgan fingerprint density at radius 3 is 2.54 bits per heavy atom. The molecule has 136 valence electrons. The molecule has 1 unspecified atom stereocenters. The number of carbonyl (C=O) groups excluding carboxylic acids is 2. The van der Waals surface area contributed by atoms with Crippen molar-refractivity contribution in [3.63, 3.8) is 0 Å². The predicted octanol–water partition coefficient (Wildman–Crippen LogP) is 3.10. The number of carbonyl (C=O) groups is 2. The molecule has 1 aliphatic rings. The molecular weight excluding hydrogens is 358 g/mol. The van der Waals surface area contributed by atoms with E-state index in [9.17, 15) is 9.59 Å². The molecule has 1 fully saturated rings. The lowest BCUT2D eigenvalue weighted by Gasteiger charge is -2.19. The summed E-state index contributed by atoms with van der Waals surface area (Å²) < 4.78 is 11.1. The number of anilines is 1. The fraction of sp³-hybridized carbons (Fsp3) is 0.222. The van der Waals surface area contributed by atoms with Crippen molar-refractivity contribution < 1.29 is 19.1 Å². The standard InChI is InChI=1S/C18H18ClN3O4/c1-22-15(10-20-18(22)24)17(23)21-14-9-13(7-8-16(14)25-2)26-12-5-3-11(19)4-6-12/h3-9,15H,10H2,1-2H3,(H,20,24)(H,21,23). The summed E-state index contributed by atoms with van der Waals surface area (Å²) in [4.78, 5) is 25.4. The third kappa shape index (κ3) is 3.83. The van der Waals surface area contributed by atoms with Crippen molar-refractivity contribution >= 4 is 29.2 Å². The van der Waals surface area contributed by atoms with Crippen molar-refractivity contribution in [2.45, 2.75) is 6.04 Å². The largest absolute Gasteiger partial charge is 0.495 e. The van der Waals surface area contributed by atoms with E-state index in [2.05, 4.69) is 10.6 Å². The smallest absolute Gasteiger partial charge is 0.317 e. The Labute approximate surface area is 155 Å². The number of nitrogens with one attached hydrogen (secondary N) is 2. The van der Waals surface area contributed by atoms with Gasteiger partial charge < -0.3 is 25.0 Å². The molecule has 26 heavy (non-hydrogen) atoms. The second-order valence-corrected chi connectivity index (χ2v) is 6.16. The summed E-state index contributed by atoms with van der Waals surface area (Å²) in [5.74, 6) is 1.31. The maximum Gasteiger partial charge on any atom is 0.317 e. The van der Waals surface area contributed by atoms with E-state index in [0.717, 1.165) is 0 Å². The van der Waals surface area contributed by atoms with Gasteiger partial charge in [-0.3, -0.25) is 4.79 Å². The molecule has 8 heteroatoms. The zero-order valence-electron chi connectivity index (χ0n) is 14.3. The maximum absolute atomic E-state index is 12.5. The van der Waals surface area contributed by atoms with Crippen LogP contribution in [0.3, 0.4) is 0 Å². The SMILES string of the molecule is COc1ccc(Oc2ccc(Cl)cc2)cc1NC(=O)C1CNC(=O)N1C. The Bertz CT molecular complexity index is 826. The molecule has 0 aliphatic carbocycles. The summed E-state index contributed by atoms with van der Waals surface area (Å²) in [6, 6.07) is 11.2. The lowest BCUT2D eigenvalue weighted by atomic mass is 10.2. The molecule has 7 nitrogen and oxygen atoms in total. The number of halogens is 1. The highest BCUT2D eigenvalue weighted by atomic mass is 35.5. The van der Waals surface area contributed by atoms with Gasteiger partial charge in [0.2, 0.25) is 5.91 Å². The van der Waals surface area contributed by atoms with Crippen LogP contribution in [0.1, 0.15) is 0 Å².